The van der Waals surface area contributed by atoms with Gasteiger partial charge in [-0.1, -0.05) is 12.1 Å². The lowest BCUT2D eigenvalue weighted by molar-refractivity contribution is 0.836. The zero-order chi connectivity index (χ0) is 10.8. The minimum atomic E-state index is 0.761. The van der Waals surface area contributed by atoms with Gasteiger partial charge in [-0.2, -0.15) is 0 Å². The Morgan fingerprint density at radius 3 is 2.67 bits per heavy atom. The van der Waals surface area contributed by atoms with Crippen molar-refractivity contribution < 1.29 is 0 Å². The summed E-state index contributed by atoms with van der Waals surface area (Å²) in [6, 6.07) is 4.36. The summed E-state index contributed by atoms with van der Waals surface area (Å²) in [7, 11) is 0. The molecule has 0 saturated carbocycles. The fourth-order valence-corrected chi connectivity index (χ4v) is 2.13. The van der Waals surface area contributed by atoms with Gasteiger partial charge in [-0.3, -0.25) is 0 Å². The second-order valence-electron chi connectivity index (χ2n) is 4.16. The Morgan fingerprint density at radius 1 is 1.20 bits per heavy atom. The van der Waals surface area contributed by atoms with Crippen molar-refractivity contribution >= 4 is 10.9 Å². The molecule has 15 heavy (non-hydrogen) atoms. The fourth-order valence-electron chi connectivity index (χ4n) is 2.13. The number of aromatic amines is 1. The minimum absolute atomic E-state index is 0.761. The third kappa shape index (κ3) is 1.77. The molecule has 0 saturated heterocycles. The van der Waals surface area contributed by atoms with Gasteiger partial charge >= 0.3 is 0 Å². The van der Waals surface area contributed by atoms with E-state index in [9.17, 15) is 0 Å². The summed E-state index contributed by atoms with van der Waals surface area (Å²) in [4.78, 5) is 3.37. The van der Waals surface area contributed by atoms with Gasteiger partial charge in [-0.25, -0.2) is 0 Å². The monoisotopic (exact) mass is 202 g/mol. The molecule has 0 unspecified atom stereocenters. The first kappa shape index (κ1) is 10.2. The molecule has 0 radical (unpaired) electrons. The highest BCUT2D eigenvalue weighted by atomic mass is 14.7. The van der Waals surface area contributed by atoms with E-state index in [4.69, 9.17) is 5.73 Å². The minimum Gasteiger partial charge on any atom is -0.361 e. The molecule has 2 heteroatoms. The molecule has 2 rings (SSSR count). The molecule has 0 spiro atoms. The zero-order valence-electron chi connectivity index (χ0n) is 9.43. The van der Waals surface area contributed by atoms with Crippen molar-refractivity contribution in [1.82, 2.24) is 4.98 Å². The maximum absolute atomic E-state index is 5.55. The van der Waals surface area contributed by atoms with E-state index in [1.807, 2.05) is 0 Å². The smallest absolute Gasteiger partial charge is 0.0489 e. The van der Waals surface area contributed by atoms with E-state index < -0.39 is 0 Å². The van der Waals surface area contributed by atoms with Crippen molar-refractivity contribution in [3.05, 3.63) is 35.0 Å². The molecule has 3 N–H and O–H groups in total. The van der Waals surface area contributed by atoms with Gasteiger partial charge in [0.2, 0.25) is 0 Å². The van der Waals surface area contributed by atoms with Crippen LogP contribution in [-0.2, 0) is 6.42 Å². The third-order valence-electron chi connectivity index (χ3n) is 2.98. The maximum atomic E-state index is 5.55. The Hall–Kier alpha value is -1.28. The number of benzene rings is 1. The van der Waals surface area contributed by atoms with Gasteiger partial charge in [-0.05, 0) is 49.9 Å². The first-order valence-corrected chi connectivity index (χ1v) is 5.50. The number of nitrogens with one attached hydrogen (secondary N) is 1. The summed E-state index contributed by atoms with van der Waals surface area (Å²) in [5.41, 5.74) is 10.9. The van der Waals surface area contributed by atoms with Crippen LogP contribution >= 0.6 is 0 Å². The summed E-state index contributed by atoms with van der Waals surface area (Å²) in [5, 5.41) is 1.39. The molecule has 2 nitrogen and oxygen atoms in total. The summed E-state index contributed by atoms with van der Waals surface area (Å²) < 4.78 is 0. The Kier molecular flexibility index (Phi) is 2.78. The number of nitrogens with two attached hydrogens (primary N) is 1. The van der Waals surface area contributed by atoms with Crippen LogP contribution in [0.15, 0.2) is 18.3 Å². The number of rotatable bonds is 3. The maximum Gasteiger partial charge on any atom is 0.0489 e. The quantitative estimate of drug-likeness (QED) is 0.789. The number of fused-ring (bicyclic) bond motifs is 1. The van der Waals surface area contributed by atoms with Crippen molar-refractivity contribution in [3.8, 4) is 0 Å². The molecule has 0 aliphatic carbocycles. The van der Waals surface area contributed by atoms with Crippen LogP contribution in [0.2, 0.25) is 0 Å². The predicted molar refractivity (Wildman–Crippen MR) is 65.1 cm³/mol. The summed E-state index contributed by atoms with van der Waals surface area (Å²) in [6.45, 7) is 5.07. The largest absolute Gasteiger partial charge is 0.361 e. The fraction of sp³-hybridized carbons (Fsp3) is 0.385. The van der Waals surface area contributed by atoms with Crippen molar-refractivity contribution in [2.75, 3.05) is 6.54 Å². The summed E-state index contributed by atoms with van der Waals surface area (Å²) in [5.74, 6) is 0. The van der Waals surface area contributed by atoms with Gasteiger partial charge in [0.1, 0.15) is 0 Å². The Morgan fingerprint density at radius 2 is 1.93 bits per heavy atom. The highest BCUT2D eigenvalue weighted by molar-refractivity contribution is 5.88. The van der Waals surface area contributed by atoms with E-state index in [-0.39, 0.29) is 0 Å². The lowest BCUT2D eigenvalue weighted by atomic mass is 10.0. The summed E-state index contributed by atoms with van der Waals surface area (Å²) >= 11 is 0. The number of hydrogen-bond donors (Lipinski definition) is 2. The molecular weight excluding hydrogens is 184 g/mol. The van der Waals surface area contributed by atoms with Gasteiger partial charge in [0.05, 0.1) is 0 Å². The van der Waals surface area contributed by atoms with Gasteiger partial charge in [0.15, 0.2) is 0 Å². The molecular formula is C13H18N2. The number of hydrogen-bond acceptors (Lipinski definition) is 1. The average Bonchev–Trinajstić information content (AvgIpc) is 2.65. The van der Waals surface area contributed by atoms with Crippen LogP contribution in [0.25, 0.3) is 10.9 Å². The first-order valence-electron chi connectivity index (χ1n) is 5.50. The molecule has 2 aromatic rings. The van der Waals surface area contributed by atoms with Gasteiger partial charge in [0.25, 0.3) is 0 Å². The van der Waals surface area contributed by atoms with Crippen LogP contribution < -0.4 is 5.73 Å². The molecule has 0 aliphatic heterocycles. The van der Waals surface area contributed by atoms with Crippen LogP contribution in [0, 0.1) is 13.8 Å². The van der Waals surface area contributed by atoms with Crippen LogP contribution in [-0.4, -0.2) is 11.5 Å². The van der Waals surface area contributed by atoms with Gasteiger partial charge in [-0.15, -0.1) is 0 Å². The molecule has 0 atom stereocenters. The van der Waals surface area contributed by atoms with E-state index >= 15 is 0 Å². The number of H-pyrrole nitrogens is 1. The lowest BCUT2D eigenvalue weighted by Crippen LogP contribution is -2.00. The van der Waals surface area contributed by atoms with Crippen LogP contribution in [0.5, 0.6) is 0 Å². The molecule has 1 heterocycles. The van der Waals surface area contributed by atoms with E-state index in [0.29, 0.717) is 0 Å². The van der Waals surface area contributed by atoms with Crippen LogP contribution in [0.4, 0.5) is 0 Å². The molecule has 0 aliphatic rings. The van der Waals surface area contributed by atoms with E-state index in [1.165, 1.54) is 27.6 Å². The standard InChI is InChI=1S/C13H18N2/c1-9-5-6-10(2)13-12(9)11(8-15-13)4-3-7-14/h5-6,8,15H,3-4,7,14H2,1-2H3. The van der Waals surface area contributed by atoms with Crippen LogP contribution in [0.3, 0.4) is 0 Å². The Balaban J connectivity index is 2.53. The van der Waals surface area contributed by atoms with Crippen LogP contribution in [0.1, 0.15) is 23.1 Å². The molecule has 0 amide bonds. The highest BCUT2D eigenvalue weighted by Crippen LogP contribution is 2.25. The normalized spacial score (nSPS) is 11.1. The number of aromatic nitrogens is 1. The van der Waals surface area contributed by atoms with E-state index in [1.54, 1.807) is 0 Å². The van der Waals surface area contributed by atoms with E-state index in [2.05, 4.69) is 37.2 Å². The van der Waals surface area contributed by atoms with E-state index in [0.717, 1.165) is 19.4 Å². The highest BCUT2D eigenvalue weighted by Gasteiger charge is 2.07. The second kappa shape index (κ2) is 4.07. The van der Waals surface area contributed by atoms with Crippen molar-refractivity contribution in [2.24, 2.45) is 5.73 Å². The summed E-state index contributed by atoms with van der Waals surface area (Å²) in [6.07, 6.45) is 4.25. The lowest BCUT2D eigenvalue weighted by Gasteiger charge is -2.03. The van der Waals surface area contributed by atoms with Crippen molar-refractivity contribution in [3.63, 3.8) is 0 Å². The molecule has 1 aromatic carbocycles. The third-order valence-corrected chi connectivity index (χ3v) is 2.98. The zero-order valence-corrected chi connectivity index (χ0v) is 9.43. The second-order valence-corrected chi connectivity index (χ2v) is 4.16. The van der Waals surface area contributed by atoms with Gasteiger partial charge < -0.3 is 10.7 Å². The topological polar surface area (TPSA) is 41.8 Å². The molecule has 0 fully saturated rings. The van der Waals surface area contributed by atoms with Gasteiger partial charge in [0, 0.05) is 17.1 Å². The molecule has 80 valence electrons. The Bertz CT molecular complexity index is 469. The van der Waals surface area contributed by atoms with Crippen molar-refractivity contribution in [2.45, 2.75) is 26.7 Å². The molecule has 0 bridgehead atoms. The molecule has 1 aromatic heterocycles. The number of aryl methyl sites for hydroxylation is 3. The average molecular weight is 202 g/mol. The predicted octanol–water partition coefficient (Wildman–Crippen LogP) is 2.68. The SMILES string of the molecule is Cc1ccc(C)c2c(CCCN)c[nH]c12. The van der Waals surface area contributed by atoms with Crippen molar-refractivity contribution in [1.29, 1.82) is 0 Å². The Labute approximate surface area is 90.5 Å². The first-order chi connectivity index (χ1) is 7.24.